The van der Waals surface area contributed by atoms with Gasteiger partial charge in [-0.2, -0.15) is 0 Å². The fraction of sp³-hybridized carbons (Fsp3) is 0.0909. The van der Waals surface area contributed by atoms with Crippen molar-refractivity contribution in [2.45, 2.75) is 6.92 Å². The molecule has 0 unspecified atom stereocenters. The summed E-state index contributed by atoms with van der Waals surface area (Å²) in [6, 6.07) is 7.41. The lowest BCUT2D eigenvalue weighted by Gasteiger charge is -2.08. The number of benzene rings is 1. The summed E-state index contributed by atoms with van der Waals surface area (Å²) in [5, 5.41) is 2.19. The maximum absolute atomic E-state index is 11.1. The first-order chi connectivity index (χ1) is 8.08. The molecule has 0 fully saturated rings. The van der Waals surface area contributed by atoms with E-state index in [-0.39, 0.29) is 5.91 Å². The van der Waals surface area contributed by atoms with Crippen LogP contribution in [0.1, 0.15) is 6.92 Å². The summed E-state index contributed by atoms with van der Waals surface area (Å²) in [5.74, 6) is 5.32. The molecule has 0 radical (unpaired) electrons. The van der Waals surface area contributed by atoms with Gasteiger partial charge in [-0.25, -0.2) is 15.8 Å². The van der Waals surface area contributed by atoms with Gasteiger partial charge in [-0.3, -0.25) is 4.79 Å². The van der Waals surface area contributed by atoms with Crippen LogP contribution in [-0.2, 0) is 4.79 Å². The molecule has 4 nitrogen and oxygen atoms in total. The molecular formula is C11H10ClN3OS. The Hall–Kier alpha value is -1.43. The largest absolute Gasteiger partial charge is 0.273 e. The van der Waals surface area contributed by atoms with Gasteiger partial charge < -0.3 is 0 Å². The molecule has 0 aliphatic rings. The van der Waals surface area contributed by atoms with Gasteiger partial charge in [0.05, 0.1) is 4.88 Å². The van der Waals surface area contributed by atoms with Crippen molar-refractivity contribution >= 4 is 34.0 Å². The van der Waals surface area contributed by atoms with E-state index in [1.165, 1.54) is 18.3 Å². The molecule has 1 heterocycles. The highest BCUT2D eigenvalue weighted by Gasteiger charge is 2.12. The van der Waals surface area contributed by atoms with Crippen molar-refractivity contribution in [1.29, 1.82) is 0 Å². The van der Waals surface area contributed by atoms with Crippen molar-refractivity contribution in [2.24, 2.45) is 5.84 Å². The lowest BCUT2D eigenvalue weighted by Crippen LogP contribution is -2.35. The standard InChI is InChI=1S/C11H10ClN3OS/c1-7(16)15(13)11-14-6-10(17-11)8-2-4-9(12)5-3-8/h2-6H,13H2,1H3. The van der Waals surface area contributed by atoms with Crippen LogP contribution in [0.25, 0.3) is 10.4 Å². The number of hydrazine groups is 1. The van der Waals surface area contributed by atoms with Crippen molar-refractivity contribution < 1.29 is 4.79 Å². The van der Waals surface area contributed by atoms with E-state index in [1.54, 1.807) is 6.20 Å². The Morgan fingerprint density at radius 2 is 2.06 bits per heavy atom. The molecule has 1 aromatic carbocycles. The zero-order chi connectivity index (χ0) is 12.4. The summed E-state index contributed by atoms with van der Waals surface area (Å²) in [5.41, 5.74) is 0.995. The summed E-state index contributed by atoms with van der Waals surface area (Å²) in [7, 11) is 0. The average molecular weight is 268 g/mol. The van der Waals surface area contributed by atoms with Crippen molar-refractivity contribution in [3.05, 3.63) is 35.5 Å². The molecule has 17 heavy (non-hydrogen) atoms. The molecule has 2 aromatic rings. The van der Waals surface area contributed by atoms with Gasteiger partial charge in [0.25, 0.3) is 0 Å². The second-order valence-electron chi connectivity index (χ2n) is 3.40. The Morgan fingerprint density at radius 3 is 2.65 bits per heavy atom. The van der Waals surface area contributed by atoms with E-state index in [2.05, 4.69) is 4.98 Å². The van der Waals surface area contributed by atoms with Gasteiger partial charge in [0.1, 0.15) is 0 Å². The number of halogens is 1. The number of hydrogen-bond acceptors (Lipinski definition) is 4. The highest BCUT2D eigenvalue weighted by Crippen LogP contribution is 2.30. The minimum Gasteiger partial charge on any atom is -0.273 e. The smallest absolute Gasteiger partial charge is 0.240 e. The molecule has 0 saturated heterocycles. The SMILES string of the molecule is CC(=O)N(N)c1ncc(-c2ccc(Cl)cc2)s1. The highest BCUT2D eigenvalue weighted by molar-refractivity contribution is 7.19. The van der Waals surface area contributed by atoms with E-state index < -0.39 is 0 Å². The van der Waals surface area contributed by atoms with Crippen LogP contribution < -0.4 is 10.9 Å². The zero-order valence-electron chi connectivity index (χ0n) is 9.05. The van der Waals surface area contributed by atoms with Crippen molar-refractivity contribution in [2.75, 3.05) is 5.01 Å². The Morgan fingerprint density at radius 1 is 1.41 bits per heavy atom. The van der Waals surface area contributed by atoms with Crippen LogP contribution in [-0.4, -0.2) is 10.9 Å². The maximum Gasteiger partial charge on any atom is 0.240 e. The van der Waals surface area contributed by atoms with Gasteiger partial charge in [0.15, 0.2) is 0 Å². The molecule has 0 saturated carbocycles. The molecule has 0 bridgehead atoms. The minimum atomic E-state index is -0.248. The van der Waals surface area contributed by atoms with E-state index >= 15 is 0 Å². The number of nitrogens with zero attached hydrogens (tertiary/aromatic N) is 2. The number of hydrogen-bond donors (Lipinski definition) is 1. The lowest BCUT2D eigenvalue weighted by molar-refractivity contribution is -0.116. The topological polar surface area (TPSA) is 59.2 Å². The van der Waals surface area contributed by atoms with E-state index in [0.29, 0.717) is 10.2 Å². The Bertz CT molecular complexity index is 538. The lowest BCUT2D eigenvalue weighted by atomic mass is 10.2. The van der Waals surface area contributed by atoms with Gasteiger partial charge in [-0.1, -0.05) is 35.1 Å². The molecule has 0 atom stereocenters. The molecular weight excluding hydrogens is 258 g/mol. The summed E-state index contributed by atoms with van der Waals surface area (Å²) in [4.78, 5) is 16.1. The van der Waals surface area contributed by atoms with Crippen molar-refractivity contribution in [3.63, 3.8) is 0 Å². The van der Waals surface area contributed by atoms with Crippen LogP contribution in [0.5, 0.6) is 0 Å². The average Bonchev–Trinajstić information content (AvgIpc) is 2.78. The van der Waals surface area contributed by atoms with Gasteiger partial charge >= 0.3 is 0 Å². The third-order valence-electron chi connectivity index (χ3n) is 2.17. The van der Waals surface area contributed by atoms with Crippen molar-refractivity contribution in [1.82, 2.24) is 4.98 Å². The first-order valence-corrected chi connectivity index (χ1v) is 6.04. The van der Waals surface area contributed by atoms with E-state index in [4.69, 9.17) is 17.4 Å². The number of carbonyl (C=O) groups excluding carboxylic acids is 1. The summed E-state index contributed by atoms with van der Waals surface area (Å²) in [6.45, 7) is 1.39. The number of carbonyl (C=O) groups is 1. The molecule has 6 heteroatoms. The van der Waals surface area contributed by atoms with Crippen LogP contribution in [0.2, 0.25) is 5.02 Å². The first-order valence-electron chi connectivity index (χ1n) is 4.85. The van der Waals surface area contributed by atoms with Crippen LogP contribution in [0.3, 0.4) is 0 Å². The highest BCUT2D eigenvalue weighted by atomic mass is 35.5. The Balaban J connectivity index is 2.29. The molecule has 1 amide bonds. The van der Waals surface area contributed by atoms with Gasteiger partial charge in [0.2, 0.25) is 11.0 Å². The molecule has 88 valence electrons. The summed E-state index contributed by atoms with van der Waals surface area (Å²) in [6.07, 6.45) is 1.69. The van der Waals surface area contributed by atoms with Crippen LogP contribution in [0, 0.1) is 0 Å². The number of rotatable bonds is 2. The Kier molecular flexibility index (Phi) is 3.42. The molecule has 1 aromatic heterocycles. The summed E-state index contributed by atoms with van der Waals surface area (Å²) >= 11 is 7.17. The van der Waals surface area contributed by atoms with E-state index in [9.17, 15) is 4.79 Å². The fourth-order valence-electron chi connectivity index (χ4n) is 1.26. The number of amides is 1. The molecule has 0 aliphatic carbocycles. The predicted molar refractivity (Wildman–Crippen MR) is 69.9 cm³/mol. The number of anilines is 1. The number of thiazole rings is 1. The molecule has 0 aliphatic heterocycles. The second-order valence-corrected chi connectivity index (χ2v) is 4.85. The Labute approximate surface area is 108 Å². The quantitative estimate of drug-likeness (QED) is 0.517. The van der Waals surface area contributed by atoms with Crippen LogP contribution >= 0.6 is 22.9 Å². The monoisotopic (exact) mass is 267 g/mol. The van der Waals surface area contributed by atoms with Gasteiger partial charge in [-0.05, 0) is 17.7 Å². The van der Waals surface area contributed by atoms with E-state index in [0.717, 1.165) is 15.4 Å². The number of nitrogens with two attached hydrogens (primary N) is 1. The number of aromatic nitrogens is 1. The van der Waals surface area contributed by atoms with Gasteiger partial charge in [0, 0.05) is 18.1 Å². The first kappa shape index (κ1) is 12.0. The third-order valence-corrected chi connectivity index (χ3v) is 3.47. The fourth-order valence-corrected chi connectivity index (χ4v) is 2.27. The predicted octanol–water partition coefficient (Wildman–Crippen LogP) is 2.69. The van der Waals surface area contributed by atoms with E-state index in [1.807, 2.05) is 24.3 Å². The maximum atomic E-state index is 11.1. The van der Waals surface area contributed by atoms with Crippen molar-refractivity contribution in [3.8, 4) is 10.4 Å². The third kappa shape index (κ3) is 2.63. The molecule has 0 spiro atoms. The zero-order valence-corrected chi connectivity index (χ0v) is 10.6. The molecule has 2 N–H and O–H groups in total. The molecule has 2 rings (SSSR count). The van der Waals surface area contributed by atoms with Crippen LogP contribution in [0.15, 0.2) is 30.5 Å². The second kappa shape index (κ2) is 4.83. The minimum absolute atomic E-state index is 0.248. The van der Waals surface area contributed by atoms with Gasteiger partial charge in [-0.15, -0.1) is 0 Å². The normalized spacial score (nSPS) is 10.3. The van der Waals surface area contributed by atoms with Crippen LogP contribution in [0.4, 0.5) is 5.13 Å². The summed E-state index contributed by atoms with van der Waals surface area (Å²) < 4.78 is 0.